The number of nitrogen functional groups attached to an aromatic ring is 2. The molecule has 5 rings (SSSR count). The third-order valence-electron chi connectivity index (χ3n) is 13.5. The fourth-order valence-corrected chi connectivity index (χ4v) is 11.0. The van der Waals surface area contributed by atoms with Gasteiger partial charge >= 0.3 is 5.97 Å². The number of anilines is 2. The van der Waals surface area contributed by atoms with Crippen LogP contribution in [-0.4, -0.2) is 12.1 Å². The summed E-state index contributed by atoms with van der Waals surface area (Å²) < 4.78 is 6.29. The monoisotopic (exact) mass is 588 g/mol. The molecule has 2 fully saturated rings. The van der Waals surface area contributed by atoms with Crippen LogP contribution in [0, 0.1) is 39.4 Å². The van der Waals surface area contributed by atoms with E-state index in [2.05, 4.69) is 61.5 Å². The largest absolute Gasteiger partial charge is 0.462 e. The summed E-state index contributed by atoms with van der Waals surface area (Å²) in [5, 5.41) is 0. The van der Waals surface area contributed by atoms with Gasteiger partial charge in [0.15, 0.2) is 0 Å². The molecule has 2 saturated carbocycles. The van der Waals surface area contributed by atoms with Crippen molar-refractivity contribution in [1.29, 1.82) is 0 Å². The minimum Gasteiger partial charge on any atom is -0.462 e. The number of rotatable bonds is 8. The van der Waals surface area contributed by atoms with Crippen LogP contribution in [0.1, 0.15) is 132 Å². The van der Waals surface area contributed by atoms with Crippen molar-refractivity contribution in [3.05, 3.63) is 46.6 Å². The predicted octanol–water partition coefficient (Wildman–Crippen LogP) is 9.83. The molecule has 0 heterocycles. The van der Waals surface area contributed by atoms with Crippen LogP contribution in [-0.2, 0) is 16.0 Å². The summed E-state index contributed by atoms with van der Waals surface area (Å²) in [6.07, 6.45) is 15.7. The molecule has 0 spiro atoms. The van der Waals surface area contributed by atoms with Crippen molar-refractivity contribution in [3.63, 3.8) is 0 Å². The molecular weight excluding hydrogens is 528 g/mol. The van der Waals surface area contributed by atoms with Gasteiger partial charge in [-0.05, 0) is 142 Å². The molecule has 4 aliphatic rings. The first kappa shape index (κ1) is 32.2. The summed E-state index contributed by atoms with van der Waals surface area (Å²) in [7, 11) is 0. The molecule has 4 N–H and O–H groups in total. The van der Waals surface area contributed by atoms with Gasteiger partial charge in [0.2, 0.25) is 0 Å². The molecule has 7 unspecified atom stereocenters. The maximum atomic E-state index is 13.1. The first-order valence-electron chi connectivity index (χ1n) is 17.3. The fraction of sp³-hybridized carbons (Fsp3) is 0.718. The van der Waals surface area contributed by atoms with Crippen molar-refractivity contribution in [2.75, 3.05) is 11.5 Å². The van der Waals surface area contributed by atoms with E-state index < -0.39 is 0 Å². The number of allylic oxidation sites excluding steroid dienone is 4. The van der Waals surface area contributed by atoms with E-state index in [1.54, 1.807) is 11.6 Å². The van der Waals surface area contributed by atoms with E-state index in [0.29, 0.717) is 41.0 Å². The number of aryl methyl sites for hydroxylation is 1. The average Bonchev–Trinajstić information content (AvgIpc) is 3.19. The summed E-state index contributed by atoms with van der Waals surface area (Å²) in [6, 6.07) is 5.56. The lowest BCUT2D eigenvalue weighted by molar-refractivity contribution is -0.169. The standard InChI is InChI=1S/C39H60N2O2/c1-25(2)10-9-11-26(3)30-16-20-39(8)32-13-14-33-36(4,5)34(18-19-37(33,6)31(32)17-21-38(30,39)7)43-35(42)15-12-27-22-28(40)24-29(41)23-27/h10,22-24,26,30,33-34H,9,11-21,40-41H2,1-8H3. The molecule has 0 bridgehead atoms. The van der Waals surface area contributed by atoms with Crippen LogP contribution in [0.3, 0.4) is 0 Å². The van der Waals surface area contributed by atoms with Gasteiger partial charge in [-0.2, -0.15) is 0 Å². The van der Waals surface area contributed by atoms with Crippen LogP contribution in [0.4, 0.5) is 11.4 Å². The zero-order valence-electron chi connectivity index (χ0n) is 28.6. The van der Waals surface area contributed by atoms with Crippen LogP contribution in [0.15, 0.2) is 41.0 Å². The SMILES string of the molecule is CC(C)=CCCC(C)C1CCC2(C)C3=C(CCC12C)C1(C)CCC(OC(=O)CCc2cc(N)cc(N)c2)C(C)(C)C1CC3. The average molecular weight is 589 g/mol. The molecule has 0 saturated heterocycles. The second-order valence-corrected chi connectivity index (χ2v) is 16.5. The first-order valence-corrected chi connectivity index (χ1v) is 17.3. The molecule has 0 aliphatic heterocycles. The molecule has 4 nitrogen and oxygen atoms in total. The Balaban J connectivity index is 1.30. The quantitative estimate of drug-likeness (QED) is 0.180. The highest BCUT2D eigenvalue weighted by Gasteiger charge is 2.63. The van der Waals surface area contributed by atoms with E-state index in [-0.39, 0.29) is 22.9 Å². The Morgan fingerprint density at radius 1 is 0.953 bits per heavy atom. The summed E-state index contributed by atoms with van der Waals surface area (Å²) in [6.45, 7) is 19.7. The lowest BCUT2D eigenvalue weighted by atomic mass is 9.43. The van der Waals surface area contributed by atoms with Crippen molar-refractivity contribution in [1.82, 2.24) is 0 Å². The number of fused-ring (bicyclic) bond motifs is 4. The van der Waals surface area contributed by atoms with Gasteiger partial charge < -0.3 is 16.2 Å². The van der Waals surface area contributed by atoms with Gasteiger partial charge in [0, 0.05) is 23.2 Å². The second-order valence-electron chi connectivity index (χ2n) is 16.5. The van der Waals surface area contributed by atoms with Crippen molar-refractivity contribution in [2.24, 2.45) is 39.4 Å². The molecule has 1 aromatic rings. The summed E-state index contributed by atoms with van der Waals surface area (Å²) >= 11 is 0. The van der Waals surface area contributed by atoms with Gasteiger partial charge in [-0.15, -0.1) is 0 Å². The van der Waals surface area contributed by atoms with E-state index >= 15 is 0 Å². The van der Waals surface area contributed by atoms with Gasteiger partial charge in [-0.1, -0.05) is 64.3 Å². The summed E-state index contributed by atoms with van der Waals surface area (Å²) in [5.74, 6) is 2.03. The first-order chi connectivity index (χ1) is 20.1. The predicted molar refractivity (Wildman–Crippen MR) is 180 cm³/mol. The lowest BCUT2D eigenvalue weighted by Gasteiger charge is -2.62. The summed E-state index contributed by atoms with van der Waals surface area (Å²) in [4.78, 5) is 13.1. The van der Waals surface area contributed by atoms with Gasteiger partial charge in [-0.25, -0.2) is 0 Å². The number of nitrogens with two attached hydrogens (primary N) is 2. The van der Waals surface area contributed by atoms with Crippen molar-refractivity contribution < 1.29 is 9.53 Å². The number of ether oxygens (including phenoxy) is 1. The zero-order chi connectivity index (χ0) is 31.4. The van der Waals surface area contributed by atoms with E-state index in [9.17, 15) is 4.79 Å². The molecular formula is C39H60N2O2. The molecule has 4 heteroatoms. The molecule has 0 radical (unpaired) electrons. The van der Waals surface area contributed by atoms with E-state index in [1.165, 1.54) is 56.9 Å². The third kappa shape index (κ3) is 5.59. The highest BCUT2D eigenvalue weighted by Crippen LogP contribution is 2.72. The number of hydrogen-bond donors (Lipinski definition) is 2. The molecule has 4 aliphatic carbocycles. The highest BCUT2D eigenvalue weighted by atomic mass is 16.5. The molecule has 7 atom stereocenters. The molecule has 0 aromatic heterocycles. The fourth-order valence-electron chi connectivity index (χ4n) is 11.0. The van der Waals surface area contributed by atoms with Crippen LogP contribution in [0.2, 0.25) is 0 Å². The molecule has 43 heavy (non-hydrogen) atoms. The Hall–Kier alpha value is -2.23. The maximum Gasteiger partial charge on any atom is 0.306 e. The van der Waals surface area contributed by atoms with E-state index in [0.717, 1.165) is 30.2 Å². The van der Waals surface area contributed by atoms with Gasteiger partial charge in [0.1, 0.15) is 6.10 Å². The van der Waals surface area contributed by atoms with Gasteiger partial charge in [0.25, 0.3) is 0 Å². The third-order valence-corrected chi connectivity index (χ3v) is 13.5. The number of esters is 1. The minimum absolute atomic E-state index is 0.0342. The lowest BCUT2D eigenvalue weighted by Crippen LogP contribution is -2.55. The number of carbonyl (C=O) groups is 1. The number of carbonyl (C=O) groups excluding carboxylic acids is 1. The molecule has 1 aromatic carbocycles. The second kappa shape index (κ2) is 11.6. The number of hydrogen-bond acceptors (Lipinski definition) is 4. The van der Waals surface area contributed by atoms with Crippen LogP contribution in [0.25, 0.3) is 0 Å². The molecule has 0 amide bonds. The van der Waals surface area contributed by atoms with E-state index in [4.69, 9.17) is 16.2 Å². The van der Waals surface area contributed by atoms with Gasteiger partial charge in [-0.3, -0.25) is 4.79 Å². The Morgan fingerprint density at radius 3 is 2.33 bits per heavy atom. The van der Waals surface area contributed by atoms with Crippen molar-refractivity contribution in [2.45, 2.75) is 139 Å². The minimum atomic E-state index is -0.102. The normalized spacial score (nSPS) is 35.4. The van der Waals surface area contributed by atoms with E-state index in [1.807, 2.05) is 17.7 Å². The van der Waals surface area contributed by atoms with Crippen LogP contribution >= 0.6 is 0 Å². The Morgan fingerprint density at radius 2 is 1.65 bits per heavy atom. The van der Waals surface area contributed by atoms with Crippen molar-refractivity contribution >= 4 is 17.3 Å². The van der Waals surface area contributed by atoms with Crippen LogP contribution < -0.4 is 11.5 Å². The highest BCUT2D eigenvalue weighted by molar-refractivity contribution is 5.70. The smallest absolute Gasteiger partial charge is 0.306 e. The Bertz CT molecular complexity index is 1270. The Labute approximate surface area is 262 Å². The van der Waals surface area contributed by atoms with Crippen molar-refractivity contribution in [3.8, 4) is 0 Å². The topological polar surface area (TPSA) is 78.3 Å². The molecule has 238 valence electrons. The van der Waals surface area contributed by atoms with Crippen LogP contribution in [0.5, 0.6) is 0 Å². The summed E-state index contributed by atoms with van der Waals surface area (Å²) in [5.41, 5.74) is 20.2. The Kier molecular flexibility index (Phi) is 8.68. The van der Waals surface area contributed by atoms with Gasteiger partial charge in [0.05, 0.1) is 0 Å². The number of benzene rings is 1. The zero-order valence-corrected chi connectivity index (χ0v) is 28.6. The maximum absolute atomic E-state index is 13.1.